The first-order valence-electron chi connectivity index (χ1n) is 9.50. The minimum absolute atomic E-state index is 0.0345. The molecule has 5 nitrogen and oxygen atoms in total. The van der Waals surface area contributed by atoms with Crippen molar-refractivity contribution in [3.05, 3.63) is 71.0 Å². The van der Waals surface area contributed by atoms with Gasteiger partial charge < -0.3 is 9.64 Å². The van der Waals surface area contributed by atoms with Crippen LogP contribution in [0.2, 0.25) is 0 Å². The number of amides is 1. The Bertz CT molecular complexity index is 925. The van der Waals surface area contributed by atoms with Crippen molar-refractivity contribution in [1.82, 2.24) is 15.1 Å². The summed E-state index contributed by atoms with van der Waals surface area (Å²) in [6.45, 7) is 4.75. The van der Waals surface area contributed by atoms with E-state index < -0.39 is 0 Å². The maximum absolute atomic E-state index is 12.7. The van der Waals surface area contributed by atoms with Crippen molar-refractivity contribution in [3.63, 3.8) is 0 Å². The highest BCUT2D eigenvalue weighted by molar-refractivity contribution is 5.94. The number of methoxy groups -OCH3 is 1. The molecule has 0 radical (unpaired) electrons. The number of carbonyl (C=O) groups excluding carboxylic acids is 1. The zero-order valence-electron chi connectivity index (χ0n) is 17.0. The molecule has 1 amide bonds. The minimum Gasteiger partial charge on any atom is -0.496 e. The van der Waals surface area contributed by atoms with Crippen LogP contribution in [-0.4, -0.2) is 41.7 Å². The number of carbonyl (C=O) groups is 1. The van der Waals surface area contributed by atoms with Crippen LogP contribution in [0.15, 0.2) is 48.5 Å². The van der Waals surface area contributed by atoms with Crippen molar-refractivity contribution < 1.29 is 9.53 Å². The maximum atomic E-state index is 12.7. The predicted molar refractivity (Wildman–Crippen MR) is 112 cm³/mol. The van der Waals surface area contributed by atoms with E-state index >= 15 is 0 Å². The first kappa shape index (κ1) is 19.7. The SMILES string of the molecule is COc1ccccc1-c1ccc(C(=O)N(C)CCCc2c(C)n[nH]c2C)cc1. The van der Waals surface area contributed by atoms with Crippen molar-refractivity contribution in [2.45, 2.75) is 26.7 Å². The molecule has 3 rings (SSSR count). The fourth-order valence-corrected chi connectivity index (χ4v) is 3.43. The first-order chi connectivity index (χ1) is 13.5. The van der Waals surface area contributed by atoms with Gasteiger partial charge in [-0.15, -0.1) is 0 Å². The summed E-state index contributed by atoms with van der Waals surface area (Å²) in [5.41, 5.74) is 6.14. The standard InChI is InChI=1S/C23H27N3O2/c1-16-20(17(2)25-24-16)9-7-15-26(3)23(27)19-13-11-18(12-14-19)21-8-5-6-10-22(21)28-4/h5-6,8,10-14H,7,9,15H2,1-4H3,(H,24,25). The fourth-order valence-electron chi connectivity index (χ4n) is 3.43. The van der Waals surface area contributed by atoms with E-state index in [0.29, 0.717) is 12.1 Å². The van der Waals surface area contributed by atoms with Crippen LogP contribution in [0, 0.1) is 13.8 Å². The molecule has 0 aliphatic heterocycles. The van der Waals surface area contributed by atoms with Crippen molar-refractivity contribution in [1.29, 1.82) is 0 Å². The van der Waals surface area contributed by atoms with Gasteiger partial charge in [0.05, 0.1) is 12.8 Å². The Kier molecular flexibility index (Phi) is 6.14. The number of nitrogens with zero attached hydrogens (tertiary/aromatic N) is 2. The Morgan fingerprint density at radius 3 is 2.46 bits per heavy atom. The lowest BCUT2D eigenvalue weighted by molar-refractivity contribution is 0.0793. The summed E-state index contributed by atoms with van der Waals surface area (Å²) < 4.78 is 5.43. The molecule has 0 bridgehead atoms. The predicted octanol–water partition coefficient (Wildman–Crippen LogP) is 4.41. The summed E-state index contributed by atoms with van der Waals surface area (Å²) in [7, 11) is 3.52. The Balaban J connectivity index is 1.62. The largest absolute Gasteiger partial charge is 0.496 e. The summed E-state index contributed by atoms with van der Waals surface area (Å²) in [6, 6.07) is 15.6. The summed E-state index contributed by atoms with van der Waals surface area (Å²) in [5.74, 6) is 0.857. The molecule has 0 aliphatic carbocycles. The van der Waals surface area contributed by atoms with Gasteiger partial charge in [-0.1, -0.05) is 30.3 Å². The minimum atomic E-state index is 0.0345. The normalized spacial score (nSPS) is 10.7. The molecule has 146 valence electrons. The van der Waals surface area contributed by atoms with Crippen LogP contribution in [0.25, 0.3) is 11.1 Å². The van der Waals surface area contributed by atoms with Gasteiger partial charge in [0.1, 0.15) is 5.75 Å². The summed E-state index contributed by atoms with van der Waals surface area (Å²) >= 11 is 0. The summed E-state index contributed by atoms with van der Waals surface area (Å²) in [6.07, 6.45) is 1.82. The number of rotatable bonds is 7. The monoisotopic (exact) mass is 377 g/mol. The van der Waals surface area contributed by atoms with Gasteiger partial charge in [-0.25, -0.2) is 0 Å². The molecule has 0 unspecified atom stereocenters. The Morgan fingerprint density at radius 1 is 1.11 bits per heavy atom. The van der Waals surface area contributed by atoms with Crippen LogP contribution in [0.3, 0.4) is 0 Å². The molecule has 1 heterocycles. The number of para-hydroxylation sites is 1. The zero-order valence-corrected chi connectivity index (χ0v) is 17.0. The third-order valence-corrected chi connectivity index (χ3v) is 5.10. The van der Waals surface area contributed by atoms with E-state index in [-0.39, 0.29) is 5.91 Å². The quantitative estimate of drug-likeness (QED) is 0.664. The van der Waals surface area contributed by atoms with Gasteiger partial charge >= 0.3 is 0 Å². The molecule has 1 aromatic heterocycles. The molecule has 28 heavy (non-hydrogen) atoms. The summed E-state index contributed by atoms with van der Waals surface area (Å²) in [5, 5.41) is 7.24. The highest BCUT2D eigenvalue weighted by Crippen LogP contribution is 2.29. The second-order valence-electron chi connectivity index (χ2n) is 7.02. The molecule has 1 N–H and O–H groups in total. The molecule has 0 saturated carbocycles. The molecule has 0 aliphatic rings. The van der Waals surface area contributed by atoms with Crippen molar-refractivity contribution in [3.8, 4) is 16.9 Å². The topological polar surface area (TPSA) is 58.2 Å². The van der Waals surface area contributed by atoms with Gasteiger partial charge in [-0.05, 0) is 56.0 Å². The van der Waals surface area contributed by atoms with E-state index in [1.165, 1.54) is 5.56 Å². The molecule has 2 aromatic carbocycles. The average Bonchev–Trinajstić information content (AvgIpc) is 3.05. The molecule has 5 heteroatoms. The van der Waals surface area contributed by atoms with Crippen LogP contribution < -0.4 is 4.74 Å². The van der Waals surface area contributed by atoms with E-state index in [0.717, 1.165) is 41.1 Å². The number of aromatic nitrogens is 2. The smallest absolute Gasteiger partial charge is 0.253 e. The van der Waals surface area contributed by atoms with Crippen LogP contribution in [0.5, 0.6) is 5.75 Å². The van der Waals surface area contributed by atoms with Crippen LogP contribution >= 0.6 is 0 Å². The highest BCUT2D eigenvalue weighted by Gasteiger charge is 2.13. The number of nitrogens with one attached hydrogen (secondary N) is 1. The third-order valence-electron chi connectivity index (χ3n) is 5.10. The number of ether oxygens (including phenoxy) is 1. The number of aromatic amines is 1. The van der Waals surface area contributed by atoms with Gasteiger partial charge in [0.2, 0.25) is 0 Å². The Labute approximate surface area is 166 Å². The third kappa shape index (κ3) is 4.25. The van der Waals surface area contributed by atoms with Gasteiger partial charge in [0.25, 0.3) is 5.91 Å². The fraction of sp³-hybridized carbons (Fsp3) is 0.304. The van der Waals surface area contributed by atoms with Gasteiger partial charge in [-0.2, -0.15) is 5.10 Å². The maximum Gasteiger partial charge on any atom is 0.253 e. The van der Waals surface area contributed by atoms with Gasteiger partial charge in [0.15, 0.2) is 0 Å². The number of hydrogen-bond acceptors (Lipinski definition) is 3. The van der Waals surface area contributed by atoms with Crippen LogP contribution in [-0.2, 0) is 6.42 Å². The van der Waals surface area contributed by atoms with Crippen molar-refractivity contribution in [2.24, 2.45) is 0 Å². The number of aryl methyl sites for hydroxylation is 2. The van der Waals surface area contributed by atoms with E-state index in [1.807, 2.05) is 69.4 Å². The number of hydrogen-bond donors (Lipinski definition) is 1. The molecular weight excluding hydrogens is 350 g/mol. The van der Waals surface area contributed by atoms with E-state index in [2.05, 4.69) is 10.2 Å². The number of benzene rings is 2. The molecule has 0 spiro atoms. The van der Waals surface area contributed by atoms with E-state index in [4.69, 9.17) is 4.74 Å². The zero-order chi connectivity index (χ0) is 20.1. The second kappa shape index (κ2) is 8.74. The van der Waals surface area contributed by atoms with E-state index in [9.17, 15) is 4.79 Å². The molecule has 0 fully saturated rings. The van der Waals surface area contributed by atoms with Gasteiger partial charge in [-0.3, -0.25) is 9.89 Å². The average molecular weight is 377 g/mol. The second-order valence-corrected chi connectivity index (χ2v) is 7.02. The van der Waals surface area contributed by atoms with E-state index in [1.54, 1.807) is 12.0 Å². The number of H-pyrrole nitrogens is 1. The van der Waals surface area contributed by atoms with Crippen molar-refractivity contribution in [2.75, 3.05) is 20.7 Å². The Morgan fingerprint density at radius 2 is 1.82 bits per heavy atom. The Hall–Kier alpha value is -3.08. The van der Waals surface area contributed by atoms with Crippen LogP contribution in [0.4, 0.5) is 0 Å². The van der Waals surface area contributed by atoms with Crippen molar-refractivity contribution >= 4 is 5.91 Å². The lowest BCUT2D eigenvalue weighted by atomic mass is 10.0. The highest BCUT2D eigenvalue weighted by atomic mass is 16.5. The molecule has 0 saturated heterocycles. The first-order valence-corrected chi connectivity index (χ1v) is 9.50. The van der Waals surface area contributed by atoms with Crippen LogP contribution in [0.1, 0.15) is 33.7 Å². The molecular formula is C23H27N3O2. The lowest BCUT2D eigenvalue weighted by Crippen LogP contribution is -2.28. The van der Waals surface area contributed by atoms with Gasteiger partial charge in [0, 0.05) is 30.4 Å². The molecule has 0 atom stereocenters. The lowest BCUT2D eigenvalue weighted by Gasteiger charge is -2.17. The molecule has 3 aromatic rings. The summed E-state index contributed by atoms with van der Waals surface area (Å²) in [4.78, 5) is 14.5.